The van der Waals surface area contributed by atoms with Crippen LogP contribution in [0.2, 0.25) is 5.02 Å². The van der Waals surface area contributed by atoms with Gasteiger partial charge in [0.05, 0.1) is 0 Å². The second-order valence-electron chi connectivity index (χ2n) is 10.2. The van der Waals surface area contributed by atoms with E-state index in [1.54, 1.807) is 11.0 Å². The Hall–Kier alpha value is -3.31. The van der Waals surface area contributed by atoms with Gasteiger partial charge in [0.2, 0.25) is 5.91 Å². The van der Waals surface area contributed by atoms with Gasteiger partial charge in [-0.25, -0.2) is 0 Å². The number of rotatable bonds is 10. The number of aryl methyl sites for hydroxylation is 2. The number of benzene rings is 3. The number of ether oxygens (including phenoxy) is 1. The lowest BCUT2D eigenvalue weighted by molar-refractivity contribution is -0.143. The summed E-state index contributed by atoms with van der Waals surface area (Å²) in [6.45, 7) is 4.03. The van der Waals surface area contributed by atoms with Crippen molar-refractivity contribution in [2.75, 3.05) is 6.61 Å². The molecule has 38 heavy (non-hydrogen) atoms. The smallest absolute Gasteiger partial charge is 0.261 e. The van der Waals surface area contributed by atoms with Gasteiger partial charge >= 0.3 is 0 Å². The fourth-order valence-corrected chi connectivity index (χ4v) is 5.29. The Labute approximate surface area is 231 Å². The minimum absolute atomic E-state index is 0.132. The van der Waals surface area contributed by atoms with Gasteiger partial charge in [0.15, 0.2) is 6.61 Å². The van der Waals surface area contributed by atoms with Crippen LogP contribution in [0.25, 0.3) is 0 Å². The minimum Gasteiger partial charge on any atom is -0.483 e. The van der Waals surface area contributed by atoms with Crippen molar-refractivity contribution in [2.45, 2.75) is 71.0 Å². The van der Waals surface area contributed by atoms with Gasteiger partial charge in [-0.3, -0.25) is 9.59 Å². The number of carbonyl (C=O) groups is 2. The van der Waals surface area contributed by atoms with Crippen molar-refractivity contribution < 1.29 is 14.3 Å². The number of hydrogen-bond acceptors (Lipinski definition) is 3. The lowest BCUT2D eigenvalue weighted by Crippen LogP contribution is -2.53. The molecule has 2 amide bonds. The highest BCUT2D eigenvalue weighted by molar-refractivity contribution is 6.31. The predicted octanol–water partition coefficient (Wildman–Crippen LogP) is 6.42. The van der Waals surface area contributed by atoms with Crippen LogP contribution in [0.4, 0.5) is 0 Å². The lowest BCUT2D eigenvalue weighted by atomic mass is 9.94. The monoisotopic (exact) mass is 532 g/mol. The van der Waals surface area contributed by atoms with E-state index in [0.717, 1.165) is 47.9 Å². The Balaban J connectivity index is 1.62. The van der Waals surface area contributed by atoms with E-state index >= 15 is 0 Å². The molecule has 0 saturated heterocycles. The average Bonchev–Trinajstić information content (AvgIpc) is 2.92. The van der Waals surface area contributed by atoms with E-state index in [-0.39, 0.29) is 31.0 Å². The summed E-state index contributed by atoms with van der Waals surface area (Å²) in [5, 5.41) is 3.82. The van der Waals surface area contributed by atoms with Gasteiger partial charge in [-0.15, -0.1) is 0 Å². The molecule has 0 spiro atoms. The first kappa shape index (κ1) is 27.7. The summed E-state index contributed by atoms with van der Waals surface area (Å²) in [7, 11) is 0. The molecule has 0 aliphatic heterocycles. The third-order valence-corrected chi connectivity index (χ3v) is 7.57. The van der Waals surface area contributed by atoms with E-state index in [0.29, 0.717) is 17.2 Å². The molecule has 4 rings (SSSR count). The maximum absolute atomic E-state index is 13.8. The minimum atomic E-state index is -0.703. The first-order valence-electron chi connectivity index (χ1n) is 13.5. The third-order valence-electron chi connectivity index (χ3n) is 7.20. The maximum atomic E-state index is 13.8. The molecule has 3 aromatic carbocycles. The molecule has 200 valence electrons. The largest absolute Gasteiger partial charge is 0.483 e. The van der Waals surface area contributed by atoms with Crippen LogP contribution in [-0.4, -0.2) is 35.4 Å². The second kappa shape index (κ2) is 13.5. The van der Waals surface area contributed by atoms with E-state index in [1.165, 1.54) is 6.42 Å². The van der Waals surface area contributed by atoms with Crippen molar-refractivity contribution in [3.63, 3.8) is 0 Å². The van der Waals surface area contributed by atoms with Gasteiger partial charge in [-0.1, -0.05) is 97.1 Å². The number of nitrogens with zero attached hydrogens (tertiary/aromatic N) is 1. The SMILES string of the molecule is Cc1ccc(OCC(=O)N(Cc2ccccc2Cl)[C@@H](Cc2ccccc2)C(=O)NC2CCCCC2)c(C)c1. The highest BCUT2D eigenvalue weighted by Gasteiger charge is 2.32. The Morgan fingerprint density at radius 1 is 0.974 bits per heavy atom. The molecule has 1 fully saturated rings. The summed E-state index contributed by atoms with van der Waals surface area (Å²) in [4.78, 5) is 29.3. The van der Waals surface area contributed by atoms with Crippen LogP contribution in [0.5, 0.6) is 5.75 Å². The number of amides is 2. The zero-order valence-corrected chi connectivity index (χ0v) is 23.0. The highest BCUT2D eigenvalue weighted by Crippen LogP contribution is 2.23. The topological polar surface area (TPSA) is 58.6 Å². The highest BCUT2D eigenvalue weighted by atomic mass is 35.5. The molecule has 1 aliphatic carbocycles. The molecule has 0 aromatic heterocycles. The first-order chi connectivity index (χ1) is 18.4. The Morgan fingerprint density at radius 3 is 2.39 bits per heavy atom. The van der Waals surface area contributed by atoms with Crippen molar-refractivity contribution in [3.05, 3.63) is 100 Å². The van der Waals surface area contributed by atoms with E-state index in [2.05, 4.69) is 5.32 Å². The van der Waals surface area contributed by atoms with Crippen LogP contribution in [0.1, 0.15) is 54.4 Å². The average molecular weight is 533 g/mol. The fraction of sp³-hybridized carbons (Fsp3) is 0.375. The zero-order valence-electron chi connectivity index (χ0n) is 22.3. The van der Waals surface area contributed by atoms with E-state index < -0.39 is 6.04 Å². The summed E-state index contributed by atoms with van der Waals surface area (Å²) in [6.07, 6.45) is 5.77. The van der Waals surface area contributed by atoms with Crippen LogP contribution in [-0.2, 0) is 22.6 Å². The molecule has 6 heteroatoms. The molecule has 1 atom stereocenters. The van der Waals surface area contributed by atoms with Crippen molar-refractivity contribution in [1.82, 2.24) is 10.2 Å². The van der Waals surface area contributed by atoms with E-state index in [9.17, 15) is 9.59 Å². The van der Waals surface area contributed by atoms with Gasteiger partial charge in [-0.05, 0) is 55.5 Å². The second-order valence-corrected chi connectivity index (χ2v) is 10.6. The van der Waals surface area contributed by atoms with E-state index in [4.69, 9.17) is 16.3 Å². The van der Waals surface area contributed by atoms with Crippen molar-refractivity contribution in [3.8, 4) is 5.75 Å². The Kier molecular flexibility index (Phi) is 9.83. The zero-order chi connectivity index (χ0) is 26.9. The van der Waals surface area contributed by atoms with Crippen LogP contribution < -0.4 is 10.1 Å². The number of halogens is 1. The normalized spacial score (nSPS) is 14.5. The van der Waals surface area contributed by atoms with Crippen LogP contribution >= 0.6 is 11.6 Å². The molecular weight excluding hydrogens is 496 g/mol. The molecule has 1 N–H and O–H groups in total. The maximum Gasteiger partial charge on any atom is 0.261 e. The summed E-state index contributed by atoms with van der Waals surface area (Å²) >= 11 is 6.51. The van der Waals surface area contributed by atoms with Gasteiger partial charge in [-0.2, -0.15) is 0 Å². The molecule has 0 heterocycles. The molecular formula is C32H37ClN2O3. The molecule has 0 unspecified atom stereocenters. The lowest BCUT2D eigenvalue weighted by Gasteiger charge is -2.33. The number of nitrogens with one attached hydrogen (secondary N) is 1. The van der Waals surface area contributed by atoms with Crippen LogP contribution in [0.15, 0.2) is 72.8 Å². The molecule has 1 aliphatic rings. The van der Waals surface area contributed by atoms with Crippen molar-refractivity contribution in [2.24, 2.45) is 0 Å². The van der Waals surface area contributed by atoms with E-state index in [1.807, 2.05) is 80.6 Å². The molecule has 0 radical (unpaired) electrons. The quantitative estimate of drug-likeness (QED) is 0.327. The summed E-state index contributed by atoms with van der Waals surface area (Å²) in [5.41, 5.74) is 3.87. The van der Waals surface area contributed by atoms with Crippen molar-refractivity contribution >= 4 is 23.4 Å². The van der Waals surface area contributed by atoms with Gasteiger partial charge < -0.3 is 15.0 Å². The fourth-order valence-electron chi connectivity index (χ4n) is 5.09. The molecule has 0 bridgehead atoms. The third kappa shape index (κ3) is 7.61. The molecule has 3 aromatic rings. The molecule has 1 saturated carbocycles. The number of hydrogen-bond donors (Lipinski definition) is 1. The van der Waals surface area contributed by atoms with Gasteiger partial charge in [0.1, 0.15) is 11.8 Å². The van der Waals surface area contributed by atoms with Crippen LogP contribution in [0.3, 0.4) is 0 Å². The summed E-state index contributed by atoms with van der Waals surface area (Å²) in [6, 6.07) is 22.6. The Morgan fingerprint density at radius 2 is 1.68 bits per heavy atom. The number of carbonyl (C=O) groups excluding carboxylic acids is 2. The summed E-state index contributed by atoms with van der Waals surface area (Å²) in [5.74, 6) is 0.269. The van der Waals surface area contributed by atoms with Crippen molar-refractivity contribution in [1.29, 1.82) is 0 Å². The predicted molar refractivity (Wildman–Crippen MR) is 152 cm³/mol. The molecule has 5 nitrogen and oxygen atoms in total. The van der Waals surface area contributed by atoms with Crippen LogP contribution in [0, 0.1) is 13.8 Å². The van der Waals surface area contributed by atoms with Gasteiger partial charge in [0.25, 0.3) is 5.91 Å². The standard InChI is InChI=1S/C32H37ClN2O3/c1-23-17-18-30(24(2)19-23)38-22-31(36)35(21-26-13-9-10-16-28(26)33)29(20-25-11-5-3-6-12-25)32(37)34-27-14-7-4-8-15-27/h3,5-6,9-13,16-19,27,29H,4,7-8,14-15,20-22H2,1-2H3,(H,34,37)/t29-/m0/s1. The Bertz CT molecular complexity index is 1220. The van der Waals surface area contributed by atoms with Gasteiger partial charge in [0, 0.05) is 24.0 Å². The first-order valence-corrected chi connectivity index (χ1v) is 13.9. The summed E-state index contributed by atoms with van der Waals surface area (Å²) < 4.78 is 5.98.